The second kappa shape index (κ2) is 11.1. The Balaban J connectivity index is 0. The summed E-state index contributed by atoms with van der Waals surface area (Å²) in [5.41, 5.74) is -0.555. The first-order valence-electron chi connectivity index (χ1n) is 6.53. The Labute approximate surface area is 101 Å². The van der Waals surface area contributed by atoms with E-state index in [0.717, 1.165) is 25.5 Å². The number of rotatable bonds is 7. The molecule has 2 heteroatoms. The van der Waals surface area contributed by atoms with Gasteiger partial charge in [0.1, 0.15) is 6.29 Å². The van der Waals surface area contributed by atoms with Gasteiger partial charge in [-0.15, -0.1) is 0 Å². The van der Waals surface area contributed by atoms with Gasteiger partial charge in [0, 0.05) is 6.42 Å². The first-order valence-corrected chi connectivity index (χ1v) is 6.53. The zero-order chi connectivity index (χ0) is 13.0. The van der Waals surface area contributed by atoms with Crippen molar-refractivity contribution in [3.05, 3.63) is 0 Å². The van der Waals surface area contributed by atoms with Gasteiger partial charge in [-0.25, -0.2) is 0 Å². The zero-order valence-corrected chi connectivity index (χ0v) is 11.8. The molecule has 16 heavy (non-hydrogen) atoms. The SMILES string of the molecule is CC(CC=O)CCCC(C)(C)O.CCCC. The van der Waals surface area contributed by atoms with E-state index >= 15 is 0 Å². The molecule has 98 valence electrons. The first-order chi connectivity index (χ1) is 7.37. The predicted octanol–water partition coefficient (Wildman–Crippen LogP) is 3.96. The normalized spacial score (nSPS) is 12.6. The second-order valence-corrected chi connectivity index (χ2v) is 5.21. The maximum atomic E-state index is 10.1. The molecule has 0 radical (unpaired) electrons. The summed E-state index contributed by atoms with van der Waals surface area (Å²) in [5.74, 6) is 0.463. The van der Waals surface area contributed by atoms with Crippen LogP contribution in [0.25, 0.3) is 0 Å². The number of unbranched alkanes of at least 4 members (excludes halogenated alkanes) is 1. The highest BCUT2D eigenvalue weighted by atomic mass is 16.3. The molecule has 0 saturated carbocycles. The fraction of sp³-hybridized carbons (Fsp3) is 0.929. The molecule has 0 aromatic rings. The number of aldehydes is 1. The van der Waals surface area contributed by atoms with E-state index in [1.165, 1.54) is 12.8 Å². The third-order valence-electron chi connectivity index (χ3n) is 2.48. The molecule has 0 saturated heterocycles. The van der Waals surface area contributed by atoms with Gasteiger partial charge in [-0.1, -0.05) is 46.5 Å². The Morgan fingerprint density at radius 3 is 2.06 bits per heavy atom. The molecule has 0 fully saturated rings. The van der Waals surface area contributed by atoms with Crippen LogP contribution in [0.5, 0.6) is 0 Å². The minimum Gasteiger partial charge on any atom is -0.390 e. The summed E-state index contributed by atoms with van der Waals surface area (Å²) in [7, 11) is 0. The van der Waals surface area contributed by atoms with Crippen LogP contribution >= 0.6 is 0 Å². The van der Waals surface area contributed by atoms with Gasteiger partial charge in [0.25, 0.3) is 0 Å². The molecule has 0 heterocycles. The van der Waals surface area contributed by atoms with E-state index in [2.05, 4.69) is 20.8 Å². The predicted molar refractivity (Wildman–Crippen MR) is 70.6 cm³/mol. The molecule has 0 aliphatic carbocycles. The summed E-state index contributed by atoms with van der Waals surface area (Å²) in [5, 5.41) is 9.39. The zero-order valence-electron chi connectivity index (χ0n) is 11.8. The van der Waals surface area contributed by atoms with Gasteiger partial charge in [0.05, 0.1) is 5.60 Å². The van der Waals surface area contributed by atoms with Crippen molar-refractivity contribution in [2.75, 3.05) is 0 Å². The number of hydrogen-bond acceptors (Lipinski definition) is 2. The van der Waals surface area contributed by atoms with Crippen LogP contribution in [0.4, 0.5) is 0 Å². The molecule has 2 nitrogen and oxygen atoms in total. The summed E-state index contributed by atoms with van der Waals surface area (Å²) >= 11 is 0. The average molecular weight is 230 g/mol. The molecule has 0 spiro atoms. The molecule has 0 aromatic carbocycles. The van der Waals surface area contributed by atoms with Crippen LogP contribution in [0.1, 0.15) is 73.1 Å². The second-order valence-electron chi connectivity index (χ2n) is 5.21. The maximum Gasteiger partial charge on any atom is 0.120 e. The van der Waals surface area contributed by atoms with Crippen LogP contribution < -0.4 is 0 Å². The molecule has 0 amide bonds. The lowest BCUT2D eigenvalue weighted by Gasteiger charge is -2.17. The van der Waals surface area contributed by atoms with Gasteiger partial charge in [-0.05, 0) is 26.2 Å². The highest BCUT2D eigenvalue weighted by Crippen LogP contribution is 2.16. The lowest BCUT2D eigenvalue weighted by Crippen LogP contribution is -2.18. The molecule has 0 aromatic heterocycles. The van der Waals surface area contributed by atoms with Crippen LogP contribution in [-0.4, -0.2) is 17.0 Å². The molecule has 0 aliphatic heterocycles. The van der Waals surface area contributed by atoms with Crippen molar-refractivity contribution in [2.45, 2.75) is 78.7 Å². The van der Waals surface area contributed by atoms with Crippen molar-refractivity contribution in [3.63, 3.8) is 0 Å². The number of hydrogen-bond donors (Lipinski definition) is 1. The summed E-state index contributed by atoms with van der Waals surface area (Å²) < 4.78 is 0. The molecule has 0 bridgehead atoms. The van der Waals surface area contributed by atoms with E-state index in [4.69, 9.17) is 0 Å². The number of aliphatic hydroxyl groups is 1. The lowest BCUT2D eigenvalue weighted by molar-refractivity contribution is -0.108. The average Bonchev–Trinajstić information content (AvgIpc) is 2.16. The van der Waals surface area contributed by atoms with E-state index in [0.29, 0.717) is 12.3 Å². The third kappa shape index (κ3) is 19.2. The van der Waals surface area contributed by atoms with E-state index in [1.807, 2.05) is 13.8 Å². The van der Waals surface area contributed by atoms with Crippen molar-refractivity contribution < 1.29 is 9.90 Å². The number of carbonyl (C=O) groups excluding carboxylic acids is 1. The Morgan fingerprint density at radius 1 is 1.25 bits per heavy atom. The summed E-state index contributed by atoms with van der Waals surface area (Å²) in [4.78, 5) is 10.1. The van der Waals surface area contributed by atoms with Crippen LogP contribution in [0.2, 0.25) is 0 Å². The van der Waals surface area contributed by atoms with Gasteiger partial charge in [-0.3, -0.25) is 0 Å². The Morgan fingerprint density at radius 2 is 1.75 bits per heavy atom. The van der Waals surface area contributed by atoms with Gasteiger partial charge < -0.3 is 9.90 Å². The van der Waals surface area contributed by atoms with E-state index < -0.39 is 5.60 Å². The standard InChI is InChI=1S/C10H20O2.C4H10/c1-9(6-8-11)5-4-7-10(2,3)12;1-3-4-2/h8-9,12H,4-7H2,1-3H3;3-4H2,1-2H3. The maximum absolute atomic E-state index is 10.1. The van der Waals surface area contributed by atoms with Gasteiger partial charge in [-0.2, -0.15) is 0 Å². The molecular formula is C14H30O2. The van der Waals surface area contributed by atoms with Crippen molar-refractivity contribution in [3.8, 4) is 0 Å². The summed E-state index contributed by atoms with van der Waals surface area (Å²) in [6.45, 7) is 10.1. The topological polar surface area (TPSA) is 37.3 Å². The minimum atomic E-state index is -0.555. The summed E-state index contributed by atoms with van der Waals surface area (Å²) in [6.07, 6.45) is 7.10. The van der Waals surface area contributed by atoms with Crippen molar-refractivity contribution in [2.24, 2.45) is 5.92 Å². The van der Waals surface area contributed by atoms with Crippen molar-refractivity contribution in [1.29, 1.82) is 0 Å². The monoisotopic (exact) mass is 230 g/mol. The van der Waals surface area contributed by atoms with Gasteiger partial charge >= 0.3 is 0 Å². The van der Waals surface area contributed by atoms with E-state index in [-0.39, 0.29) is 0 Å². The van der Waals surface area contributed by atoms with E-state index in [1.54, 1.807) is 0 Å². The molecule has 1 N–H and O–H groups in total. The fourth-order valence-electron chi connectivity index (χ4n) is 1.17. The smallest absolute Gasteiger partial charge is 0.120 e. The minimum absolute atomic E-state index is 0.463. The fourth-order valence-corrected chi connectivity index (χ4v) is 1.17. The quantitative estimate of drug-likeness (QED) is 0.672. The largest absolute Gasteiger partial charge is 0.390 e. The van der Waals surface area contributed by atoms with Crippen LogP contribution in [0.3, 0.4) is 0 Å². The van der Waals surface area contributed by atoms with Crippen LogP contribution in [-0.2, 0) is 4.79 Å². The highest BCUT2D eigenvalue weighted by Gasteiger charge is 2.12. The van der Waals surface area contributed by atoms with Crippen molar-refractivity contribution >= 4 is 6.29 Å². The first kappa shape index (κ1) is 18.0. The van der Waals surface area contributed by atoms with E-state index in [9.17, 15) is 9.90 Å². The summed E-state index contributed by atoms with van der Waals surface area (Å²) in [6, 6.07) is 0. The molecular weight excluding hydrogens is 200 g/mol. The van der Waals surface area contributed by atoms with Crippen LogP contribution in [0, 0.1) is 5.92 Å². The Hall–Kier alpha value is -0.370. The lowest BCUT2D eigenvalue weighted by atomic mass is 9.96. The van der Waals surface area contributed by atoms with Crippen LogP contribution in [0.15, 0.2) is 0 Å². The highest BCUT2D eigenvalue weighted by molar-refractivity contribution is 5.49. The molecule has 0 aliphatic rings. The Bertz CT molecular complexity index is 145. The molecule has 0 rings (SSSR count). The molecule has 1 atom stereocenters. The van der Waals surface area contributed by atoms with Crippen molar-refractivity contribution in [1.82, 2.24) is 0 Å². The third-order valence-corrected chi connectivity index (χ3v) is 2.48. The van der Waals surface area contributed by atoms with Gasteiger partial charge in [0.2, 0.25) is 0 Å². The molecule has 1 unspecified atom stereocenters. The number of carbonyl (C=O) groups is 1. The Kier molecular flexibility index (Phi) is 12.5. The van der Waals surface area contributed by atoms with Gasteiger partial charge in [0.15, 0.2) is 0 Å².